The van der Waals surface area contributed by atoms with Gasteiger partial charge in [-0.15, -0.1) is 11.3 Å². The molecule has 1 heterocycles. The van der Waals surface area contributed by atoms with E-state index in [1.165, 1.54) is 52.1 Å². The highest BCUT2D eigenvalue weighted by Crippen LogP contribution is 2.90. The van der Waals surface area contributed by atoms with Crippen molar-refractivity contribution in [1.29, 1.82) is 0 Å². The van der Waals surface area contributed by atoms with Crippen LogP contribution in [0.15, 0.2) is 97.1 Å². The van der Waals surface area contributed by atoms with Crippen LogP contribution < -0.4 is 26.5 Å². The van der Waals surface area contributed by atoms with Crippen molar-refractivity contribution in [2.75, 3.05) is 0 Å². The summed E-state index contributed by atoms with van der Waals surface area (Å²) >= 11 is 2.09. The molecule has 1 aromatic heterocycles. The minimum Gasteiger partial charge on any atom is -0.145 e. The predicted molar refractivity (Wildman–Crippen MR) is 210 cm³/mol. The highest BCUT2D eigenvalue weighted by atomic mass is 32.1. The highest BCUT2D eigenvalue weighted by molar-refractivity contribution is 7.80. The van der Waals surface area contributed by atoms with Crippen LogP contribution in [0, 0.1) is 58.3 Å². The number of hydrogen-bond acceptors (Lipinski definition) is 1. The van der Waals surface area contributed by atoms with Crippen molar-refractivity contribution < 1.29 is 0 Å². The summed E-state index contributed by atoms with van der Waals surface area (Å²) < 4.78 is 0. The first-order valence-corrected chi connectivity index (χ1v) is 21.0. The van der Waals surface area contributed by atoms with Crippen molar-refractivity contribution in [1.82, 2.24) is 0 Å². The van der Waals surface area contributed by atoms with Crippen LogP contribution in [-0.2, 0) is 5.41 Å². The smallest absolute Gasteiger partial charge is 0.0111 e. The maximum atomic E-state index is 2.73. The second kappa shape index (κ2) is 11.2. The van der Waals surface area contributed by atoms with Gasteiger partial charge < -0.3 is 0 Å². The van der Waals surface area contributed by atoms with Crippen LogP contribution in [0.1, 0.15) is 70.7 Å². The maximum absolute atomic E-state index is 2.73. The molecular formula is C44H48P2S. The molecule has 0 radical (unpaired) electrons. The van der Waals surface area contributed by atoms with Gasteiger partial charge in [-0.1, -0.05) is 133 Å². The summed E-state index contributed by atoms with van der Waals surface area (Å²) in [5.41, 5.74) is 8.76. The maximum Gasteiger partial charge on any atom is 0.0111 e. The van der Waals surface area contributed by atoms with Crippen molar-refractivity contribution in [2.45, 2.75) is 85.7 Å². The monoisotopic (exact) mass is 670 g/mol. The Morgan fingerprint density at radius 2 is 1.11 bits per heavy atom. The SMILES string of the molecule is Cc1cc(C)cc(P(c2cc(C)cc(C)c2)c2c(C)sc(C)c2[C@]23C[C@@]4(C)C(CCC42C)C3P(c2ccccc2)c2ccccc2)c1. The van der Waals surface area contributed by atoms with Gasteiger partial charge in [-0.25, -0.2) is 0 Å². The van der Waals surface area contributed by atoms with E-state index in [-0.39, 0.29) is 5.41 Å². The standard InChI is InChI=1S/C44H48P2S/c1-28-21-29(2)24-36(23-28)45(37-25-30(3)22-31(4)26-37)40-33(6)47-32(5)39(40)44-27-42(7)38(19-20-43(42,44)8)41(44)46(34-15-11-9-12-16-34)35-17-13-10-14-18-35/h9-18,21-26,38,41H,19-20,27H2,1-8H3/t38?,41?,42-,43?,44-/m0/s1. The molecule has 8 rings (SSSR count). The van der Waals surface area contributed by atoms with Gasteiger partial charge in [0.15, 0.2) is 0 Å². The molecule has 5 aromatic rings. The van der Waals surface area contributed by atoms with Crippen LogP contribution in [0.4, 0.5) is 0 Å². The fourth-order valence-electron chi connectivity index (χ4n) is 11.1. The molecule has 3 saturated carbocycles. The third kappa shape index (κ3) is 4.45. The molecule has 0 nitrogen and oxygen atoms in total. The minimum atomic E-state index is -0.732. The topological polar surface area (TPSA) is 0 Å². The Hall–Kier alpha value is -2.56. The highest BCUT2D eigenvalue weighted by Gasteiger charge is 2.85. The van der Waals surface area contributed by atoms with Gasteiger partial charge in [0.2, 0.25) is 0 Å². The first kappa shape index (κ1) is 31.7. The largest absolute Gasteiger partial charge is 0.145 e. The molecule has 47 heavy (non-hydrogen) atoms. The fourth-order valence-corrected chi connectivity index (χ4v) is 19.4. The Kier molecular flexibility index (Phi) is 7.58. The lowest BCUT2D eigenvalue weighted by Crippen LogP contribution is -2.62. The van der Waals surface area contributed by atoms with Gasteiger partial charge in [0.1, 0.15) is 0 Å². The second-order valence-corrected chi connectivity index (χ2v) is 21.4. The second-order valence-electron chi connectivity index (χ2n) is 15.5. The Labute approximate surface area is 289 Å². The van der Waals surface area contributed by atoms with Gasteiger partial charge in [0.05, 0.1) is 0 Å². The first-order valence-electron chi connectivity index (χ1n) is 17.4. The number of benzene rings is 4. The van der Waals surface area contributed by atoms with Crippen molar-refractivity contribution in [3.63, 3.8) is 0 Å². The summed E-state index contributed by atoms with van der Waals surface area (Å²) in [6.45, 7) is 19.5. The number of aryl methyl sites for hydroxylation is 6. The predicted octanol–water partition coefficient (Wildman–Crippen LogP) is 9.94. The van der Waals surface area contributed by atoms with Crippen LogP contribution in [0.2, 0.25) is 0 Å². The molecular weight excluding hydrogens is 622 g/mol. The van der Waals surface area contributed by atoms with E-state index in [0.29, 0.717) is 16.5 Å². The van der Waals surface area contributed by atoms with Crippen LogP contribution in [-0.4, -0.2) is 5.66 Å². The molecule has 3 fully saturated rings. The van der Waals surface area contributed by atoms with Crippen LogP contribution >= 0.6 is 27.2 Å². The molecule has 0 N–H and O–H groups in total. The van der Waals surface area contributed by atoms with E-state index in [0.717, 1.165) is 5.92 Å². The van der Waals surface area contributed by atoms with Crippen LogP contribution in [0.5, 0.6) is 0 Å². The molecule has 3 heteroatoms. The van der Waals surface area contributed by atoms with Crippen LogP contribution in [0.25, 0.3) is 0 Å². The van der Waals surface area contributed by atoms with E-state index in [2.05, 4.69) is 164 Å². The number of thiophene rings is 1. The fraction of sp³-hybridized carbons (Fsp3) is 0.364. The average Bonchev–Trinajstić information content (AvgIpc) is 3.58. The molecule has 5 atom stereocenters. The summed E-state index contributed by atoms with van der Waals surface area (Å²) in [6, 6.07) is 38.1. The lowest BCUT2D eigenvalue weighted by atomic mass is 9.41. The van der Waals surface area contributed by atoms with Gasteiger partial charge in [-0.05, 0) is 120 Å². The first-order chi connectivity index (χ1) is 22.5. The minimum absolute atomic E-state index is 0.171. The molecule has 0 amide bonds. The van der Waals surface area contributed by atoms with E-state index in [4.69, 9.17) is 0 Å². The quantitative estimate of drug-likeness (QED) is 0.151. The molecule has 0 spiro atoms. The van der Waals surface area contributed by atoms with Crippen molar-refractivity contribution in [3.05, 3.63) is 135 Å². The zero-order valence-corrected chi connectivity index (χ0v) is 31.9. The average molecular weight is 671 g/mol. The van der Waals surface area contributed by atoms with Gasteiger partial charge in [0, 0.05) is 26.1 Å². The normalized spacial score (nSPS) is 27.5. The van der Waals surface area contributed by atoms with Gasteiger partial charge in [-0.3, -0.25) is 0 Å². The van der Waals surface area contributed by atoms with Crippen molar-refractivity contribution in [3.8, 4) is 0 Å². The van der Waals surface area contributed by atoms with E-state index in [9.17, 15) is 0 Å². The van der Waals surface area contributed by atoms with E-state index < -0.39 is 15.8 Å². The summed E-state index contributed by atoms with van der Waals surface area (Å²) in [6.07, 6.45) is 4.06. The van der Waals surface area contributed by atoms with E-state index in [1.807, 2.05) is 0 Å². The molecule has 3 aliphatic rings. The zero-order chi connectivity index (χ0) is 32.9. The summed E-state index contributed by atoms with van der Waals surface area (Å²) in [7, 11) is -1.28. The molecule has 3 unspecified atom stereocenters. The van der Waals surface area contributed by atoms with Gasteiger partial charge >= 0.3 is 0 Å². The molecule has 3 aliphatic carbocycles. The lowest BCUT2D eigenvalue weighted by Gasteiger charge is -2.64. The molecule has 4 bridgehead atoms. The van der Waals surface area contributed by atoms with Gasteiger partial charge in [0.25, 0.3) is 0 Å². The Morgan fingerprint density at radius 3 is 1.60 bits per heavy atom. The van der Waals surface area contributed by atoms with Gasteiger partial charge in [-0.2, -0.15) is 0 Å². The van der Waals surface area contributed by atoms with Crippen molar-refractivity contribution >= 4 is 53.7 Å². The Morgan fingerprint density at radius 1 is 0.617 bits per heavy atom. The summed E-state index contributed by atoms with van der Waals surface area (Å²) in [5, 5.41) is 7.83. The van der Waals surface area contributed by atoms with Crippen LogP contribution in [0.3, 0.4) is 0 Å². The lowest BCUT2D eigenvalue weighted by molar-refractivity contribution is -0.0710. The third-order valence-electron chi connectivity index (χ3n) is 12.7. The zero-order valence-electron chi connectivity index (χ0n) is 29.3. The number of rotatable bonds is 7. The summed E-state index contributed by atoms with van der Waals surface area (Å²) in [5.74, 6) is 0.750. The molecule has 0 aliphatic heterocycles. The third-order valence-corrected chi connectivity index (χ3v) is 19.5. The molecule has 240 valence electrons. The summed E-state index contributed by atoms with van der Waals surface area (Å²) in [4.78, 5) is 3.12. The molecule has 0 saturated heterocycles. The Balaban J connectivity index is 1.43. The number of hydrogen-bond donors (Lipinski definition) is 0. The van der Waals surface area contributed by atoms with Crippen molar-refractivity contribution in [2.24, 2.45) is 16.7 Å². The Bertz CT molecular complexity index is 1860. The van der Waals surface area contributed by atoms with E-state index >= 15 is 0 Å². The van der Waals surface area contributed by atoms with E-state index in [1.54, 1.807) is 31.2 Å². The molecule has 4 aromatic carbocycles.